The number of nitrogens with two attached hydrogens (primary N) is 1. The summed E-state index contributed by atoms with van der Waals surface area (Å²) in [6.45, 7) is 10.6. The Morgan fingerprint density at radius 2 is 2.04 bits per heavy atom. The largest absolute Gasteiger partial charge is 0.390 e. The highest BCUT2D eigenvalue weighted by atomic mass is 15.2. The summed E-state index contributed by atoms with van der Waals surface area (Å²) >= 11 is 0. The van der Waals surface area contributed by atoms with Crippen LogP contribution in [0.4, 0.5) is 5.95 Å². The molecule has 0 spiro atoms. The van der Waals surface area contributed by atoms with Crippen molar-refractivity contribution in [3.63, 3.8) is 0 Å². The summed E-state index contributed by atoms with van der Waals surface area (Å²) in [7, 11) is 0. The lowest BCUT2D eigenvalue weighted by molar-refractivity contribution is 0.622. The summed E-state index contributed by atoms with van der Waals surface area (Å²) < 4.78 is 0. The third-order valence-electron chi connectivity index (χ3n) is 4.45. The normalized spacial score (nSPS) is 14.7. The number of anilines is 1. The van der Waals surface area contributed by atoms with Gasteiger partial charge in [-0.2, -0.15) is 0 Å². The molecule has 142 valence electrons. The highest BCUT2D eigenvalue weighted by Crippen LogP contribution is 2.28. The van der Waals surface area contributed by atoms with Gasteiger partial charge in [-0.05, 0) is 44.2 Å². The SMILES string of the molecule is C=C(NCCNCCN(CC)c1ncccn1)C1=C(N=CN)CCCC1. The molecule has 0 aliphatic heterocycles. The molecule has 0 bridgehead atoms. The molecular weight excluding hydrogens is 326 g/mol. The average Bonchev–Trinajstić information content (AvgIpc) is 2.68. The van der Waals surface area contributed by atoms with Crippen molar-refractivity contribution in [3.05, 3.63) is 42.0 Å². The van der Waals surface area contributed by atoms with Gasteiger partial charge in [-0.25, -0.2) is 15.0 Å². The van der Waals surface area contributed by atoms with Gasteiger partial charge in [0.25, 0.3) is 0 Å². The van der Waals surface area contributed by atoms with Gasteiger partial charge >= 0.3 is 0 Å². The molecule has 0 radical (unpaired) electrons. The fourth-order valence-corrected chi connectivity index (χ4v) is 3.05. The fourth-order valence-electron chi connectivity index (χ4n) is 3.05. The monoisotopic (exact) mass is 357 g/mol. The maximum atomic E-state index is 5.46. The van der Waals surface area contributed by atoms with Gasteiger partial charge in [0.05, 0.1) is 6.34 Å². The standard InChI is InChI=1S/C19H31N7/c1-3-26(19-23-9-6-10-24-19)14-13-21-11-12-22-16(2)17-7-4-5-8-18(17)25-15-20/h6,9-10,15,21-22H,2-5,7-8,11-14H2,1H3,(H2,20,25). The minimum Gasteiger partial charge on any atom is -0.390 e. The molecule has 7 heteroatoms. The molecule has 0 fully saturated rings. The topological polar surface area (TPSA) is 91.5 Å². The Balaban J connectivity index is 1.68. The zero-order valence-corrected chi connectivity index (χ0v) is 15.7. The molecule has 0 aromatic carbocycles. The number of nitrogens with one attached hydrogen (secondary N) is 2. The van der Waals surface area contributed by atoms with Gasteiger partial charge < -0.3 is 21.3 Å². The summed E-state index contributed by atoms with van der Waals surface area (Å²) in [6.07, 6.45) is 9.29. The van der Waals surface area contributed by atoms with Gasteiger partial charge in [-0.3, -0.25) is 0 Å². The van der Waals surface area contributed by atoms with Crippen LogP contribution in [0.1, 0.15) is 32.6 Å². The maximum Gasteiger partial charge on any atom is 0.225 e. The van der Waals surface area contributed by atoms with E-state index in [9.17, 15) is 0 Å². The predicted octanol–water partition coefficient (Wildman–Crippen LogP) is 1.81. The highest BCUT2D eigenvalue weighted by Gasteiger charge is 2.14. The van der Waals surface area contributed by atoms with E-state index in [-0.39, 0.29) is 0 Å². The van der Waals surface area contributed by atoms with Gasteiger partial charge in [-0.15, -0.1) is 0 Å². The number of aliphatic imine (C=N–C) groups is 1. The van der Waals surface area contributed by atoms with Crippen molar-refractivity contribution in [2.24, 2.45) is 10.7 Å². The Kier molecular flexibility index (Phi) is 8.62. The molecular formula is C19H31N7. The number of rotatable bonds is 11. The Morgan fingerprint density at radius 1 is 1.27 bits per heavy atom. The van der Waals surface area contributed by atoms with Crippen molar-refractivity contribution < 1.29 is 0 Å². The molecule has 0 unspecified atom stereocenters. The van der Waals surface area contributed by atoms with Crippen LogP contribution in [0.25, 0.3) is 0 Å². The minimum atomic E-state index is 0.778. The molecule has 1 aliphatic carbocycles. The van der Waals surface area contributed by atoms with Gasteiger partial charge in [-0.1, -0.05) is 6.58 Å². The van der Waals surface area contributed by atoms with Crippen molar-refractivity contribution in [1.29, 1.82) is 0 Å². The van der Waals surface area contributed by atoms with E-state index in [0.717, 1.165) is 62.9 Å². The molecule has 0 saturated heterocycles. The van der Waals surface area contributed by atoms with E-state index >= 15 is 0 Å². The van der Waals surface area contributed by atoms with Crippen molar-refractivity contribution >= 4 is 12.3 Å². The first-order valence-corrected chi connectivity index (χ1v) is 9.38. The lowest BCUT2D eigenvalue weighted by Gasteiger charge is -2.21. The number of allylic oxidation sites excluding steroid dienone is 2. The molecule has 26 heavy (non-hydrogen) atoms. The van der Waals surface area contributed by atoms with Crippen LogP contribution >= 0.6 is 0 Å². The minimum absolute atomic E-state index is 0.778. The van der Waals surface area contributed by atoms with E-state index < -0.39 is 0 Å². The summed E-state index contributed by atoms with van der Waals surface area (Å²) in [5.41, 5.74) is 8.72. The van der Waals surface area contributed by atoms with E-state index in [1.807, 2.05) is 6.07 Å². The molecule has 0 atom stereocenters. The summed E-state index contributed by atoms with van der Waals surface area (Å²) in [5, 5.41) is 6.85. The van der Waals surface area contributed by atoms with Crippen LogP contribution in [0.2, 0.25) is 0 Å². The number of nitrogens with zero attached hydrogens (tertiary/aromatic N) is 4. The van der Waals surface area contributed by atoms with Crippen molar-refractivity contribution in [3.8, 4) is 0 Å². The van der Waals surface area contributed by atoms with Gasteiger partial charge in [0.15, 0.2) is 0 Å². The molecule has 2 rings (SSSR count). The van der Waals surface area contributed by atoms with E-state index in [0.29, 0.717) is 0 Å². The van der Waals surface area contributed by atoms with E-state index in [1.54, 1.807) is 12.4 Å². The van der Waals surface area contributed by atoms with Crippen LogP contribution in [0.15, 0.2) is 47.0 Å². The predicted molar refractivity (Wildman–Crippen MR) is 108 cm³/mol. The average molecular weight is 358 g/mol. The third-order valence-corrected chi connectivity index (χ3v) is 4.45. The Labute approximate surface area is 156 Å². The van der Waals surface area contributed by atoms with Crippen molar-refractivity contribution in [1.82, 2.24) is 20.6 Å². The quantitative estimate of drug-likeness (QED) is 0.318. The van der Waals surface area contributed by atoms with E-state index in [2.05, 4.69) is 44.0 Å². The second kappa shape index (κ2) is 11.3. The Hall–Kier alpha value is -2.41. The fraction of sp³-hybridized carbons (Fsp3) is 0.526. The van der Waals surface area contributed by atoms with Crippen LogP contribution in [0, 0.1) is 0 Å². The molecule has 1 aromatic heterocycles. The lowest BCUT2D eigenvalue weighted by atomic mass is 9.94. The number of likely N-dealkylation sites (N-methyl/N-ethyl adjacent to an activating group) is 1. The number of aromatic nitrogens is 2. The molecule has 1 heterocycles. The van der Waals surface area contributed by atoms with E-state index in [1.165, 1.54) is 24.8 Å². The summed E-state index contributed by atoms with van der Waals surface area (Å²) in [6, 6.07) is 1.83. The maximum absolute atomic E-state index is 5.46. The number of hydrogen-bond acceptors (Lipinski definition) is 6. The summed E-state index contributed by atoms with van der Waals surface area (Å²) in [5.74, 6) is 0.778. The first-order chi connectivity index (χ1) is 12.8. The zero-order chi connectivity index (χ0) is 18.6. The van der Waals surface area contributed by atoms with E-state index in [4.69, 9.17) is 5.73 Å². The molecule has 1 aliphatic rings. The smallest absolute Gasteiger partial charge is 0.225 e. The van der Waals surface area contributed by atoms with Crippen LogP contribution in [0.5, 0.6) is 0 Å². The first-order valence-electron chi connectivity index (χ1n) is 9.38. The first kappa shape index (κ1) is 19.9. The molecule has 0 saturated carbocycles. The Morgan fingerprint density at radius 3 is 2.77 bits per heavy atom. The second-order valence-electron chi connectivity index (χ2n) is 6.19. The van der Waals surface area contributed by atoms with Gasteiger partial charge in [0.2, 0.25) is 5.95 Å². The van der Waals surface area contributed by atoms with Gasteiger partial charge in [0, 0.05) is 56.5 Å². The highest BCUT2D eigenvalue weighted by molar-refractivity contribution is 5.54. The van der Waals surface area contributed by atoms with Crippen LogP contribution < -0.4 is 21.3 Å². The molecule has 0 amide bonds. The van der Waals surface area contributed by atoms with Crippen LogP contribution in [-0.4, -0.2) is 49.0 Å². The third kappa shape index (κ3) is 6.15. The van der Waals surface area contributed by atoms with Crippen molar-refractivity contribution in [2.75, 3.05) is 37.6 Å². The molecule has 7 nitrogen and oxygen atoms in total. The number of hydrogen-bond donors (Lipinski definition) is 3. The Bertz CT molecular complexity index is 610. The zero-order valence-electron chi connectivity index (χ0n) is 15.7. The van der Waals surface area contributed by atoms with Crippen molar-refractivity contribution in [2.45, 2.75) is 32.6 Å². The molecule has 4 N–H and O–H groups in total. The van der Waals surface area contributed by atoms with Crippen LogP contribution in [-0.2, 0) is 0 Å². The van der Waals surface area contributed by atoms with Crippen LogP contribution in [0.3, 0.4) is 0 Å². The summed E-state index contributed by atoms with van der Waals surface area (Å²) in [4.78, 5) is 15.1. The van der Waals surface area contributed by atoms with Gasteiger partial charge in [0.1, 0.15) is 0 Å². The second-order valence-corrected chi connectivity index (χ2v) is 6.19. The lowest BCUT2D eigenvalue weighted by Crippen LogP contribution is -2.35. The molecule has 1 aromatic rings.